The minimum atomic E-state index is -2.65. The monoisotopic (exact) mass is 464 g/mol. The lowest BCUT2D eigenvalue weighted by Crippen LogP contribution is -2.34. The summed E-state index contributed by atoms with van der Waals surface area (Å²) in [6, 6.07) is 12.5. The van der Waals surface area contributed by atoms with E-state index >= 15 is 0 Å². The van der Waals surface area contributed by atoms with Crippen LogP contribution in [0.3, 0.4) is 0 Å². The van der Waals surface area contributed by atoms with Crippen molar-refractivity contribution in [2.75, 3.05) is 13.2 Å². The zero-order valence-corrected chi connectivity index (χ0v) is 18.2. The molecule has 10 heteroatoms. The molecule has 5 rings (SSSR count). The van der Waals surface area contributed by atoms with E-state index in [1.165, 1.54) is 16.8 Å². The van der Waals surface area contributed by atoms with Gasteiger partial charge in [-0.2, -0.15) is 10.4 Å². The quantitative estimate of drug-likeness (QED) is 0.435. The zero-order chi connectivity index (χ0) is 23.7. The molecule has 1 saturated heterocycles. The third-order valence-electron chi connectivity index (χ3n) is 5.95. The first-order valence-electron chi connectivity index (χ1n) is 11.1. The van der Waals surface area contributed by atoms with Gasteiger partial charge in [-0.05, 0) is 31.5 Å². The number of aromatic nitrogens is 4. The highest BCUT2D eigenvalue weighted by atomic mass is 19.3. The van der Waals surface area contributed by atoms with E-state index in [2.05, 4.69) is 20.4 Å². The Hall–Kier alpha value is -3.84. The van der Waals surface area contributed by atoms with Crippen LogP contribution in [0.15, 0.2) is 41.2 Å². The molecular formula is C24H22F2N6O2. The summed E-state index contributed by atoms with van der Waals surface area (Å²) >= 11 is 0. The molecule has 2 aromatic heterocycles. The summed E-state index contributed by atoms with van der Waals surface area (Å²) in [4.78, 5) is 20.8. The molecule has 3 heterocycles. The van der Waals surface area contributed by atoms with Gasteiger partial charge in [-0.1, -0.05) is 18.2 Å². The first-order valence-corrected chi connectivity index (χ1v) is 11.1. The van der Waals surface area contributed by atoms with Crippen LogP contribution in [-0.4, -0.2) is 45.4 Å². The number of nitrogens with zero attached hydrogens (tertiary/aromatic N) is 4. The molecule has 8 nitrogen and oxygen atoms in total. The first-order chi connectivity index (χ1) is 16.5. The Morgan fingerprint density at radius 3 is 2.82 bits per heavy atom. The second kappa shape index (κ2) is 9.19. The van der Waals surface area contributed by atoms with E-state index in [-0.39, 0.29) is 22.9 Å². The molecule has 0 amide bonds. The van der Waals surface area contributed by atoms with Crippen molar-refractivity contribution in [1.82, 2.24) is 25.1 Å². The van der Waals surface area contributed by atoms with Crippen molar-refractivity contribution in [3.63, 3.8) is 0 Å². The minimum absolute atomic E-state index is 0.0644. The standard InChI is InChI=1S/C24H22F2N6O2/c25-22(26)13-34-21-9-20-19(8-14(21)11-27)29-23(30-20)10-18-16-5-1-2-6-17(16)24(33)32(31-18)12-15-4-3-7-28-15/h1-2,5-6,8-9,15,22,28H,3-4,7,10,12-13H2,(H,29,30). The molecule has 4 aromatic rings. The Bertz CT molecular complexity index is 1450. The van der Waals surface area contributed by atoms with Gasteiger partial charge in [0, 0.05) is 17.5 Å². The number of halogens is 2. The number of fused-ring (bicyclic) bond motifs is 2. The van der Waals surface area contributed by atoms with Crippen LogP contribution in [0.1, 0.15) is 29.9 Å². The molecule has 0 bridgehead atoms. The minimum Gasteiger partial charge on any atom is -0.486 e. The molecule has 1 atom stereocenters. The molecule has 174 valence electrons. The Balaban J connectivity index is 1.52. The number of imidazole rings is 1. The van der Waals surface area contributed by atoms with Gasteiger partial charge in [0.05, 0.1) is 40.6 Å². The molecule has 1 unspecified atom stereocenters. The van der Waals surface area contributed by atoms with Crippen LogP contribution >= 0.6 is 0 Å². The maximum absolute atomic E-state index is 13.0. The number of rotatable bonds is 7. The Kier molecular flexibility index (Phi) is 5.94. The number of H-pyrrole nitrogens is 1. The molecule has 2 N–H and O–H groups in total. The van der Waals surface area contributed by atoms with E-state index in [0.717, 1.165) is 24.8 Å². The number of benzene rings is 2. The predicted octanol–water partition coefficient (Wildman–Crippen LogP) is 3.13. The lowest BCUT2D eigenvalue weighted by Gasteiger charge is -2.14. The summed E-state index contributed by atoms with van der Waals surface area (Å²) in [5.74, 6) is 0.640. The second-order valence-electron chi connectivity index (χ2n) is 8.31. The molecule has 0 spiro atoms. The van der Waals surface area contributed by atoms with Gasteiger partial charge in [-0.15, -0.1) is 0 Å². The lowest BCUT2D eigenvalue weighted by molar-refractivity contribution is 0.0818. The summed E-state index contributed by atoms with van der Waals surface area (Å²) in [5.41, 5.74) is 1.79. The summed E-state index contributed by atoms with van der Waals surface area (Å²) < 4.78 is 31.7. The number of nitriles is 1. The number of hydrogen-bond acceptors (Lipinski definition) is 6. The highest BCUT2D eigenvalue weighted by Gasteiger charge is 2.19. The van der Waals surface area contributed by atoms with Gasteiger partial charge < -0.3 is 15.0 Å². The molecule has 34 heavy (non-hydrogen) atoms. The van der Waals surface area contributed by atoms with Gasteiger partial charge in [0.15, 0.2) is 0 Å². The highest BCUT2D eigenvalue weighted by molar-refractivity contribution is 5.84. The van der Waals surface area contributed by atoms with Crippen molar-refractivity contribution in [3.05, 3.63) is 63.8 Å². The van der Waals surface area contributed by atoms with Gasteiger partial charge in [-0.25, -0.2) is 18.4 Å². The summed E-state index contributed by atoms with van der Waals surface area (Å²) in [5, 5.41) is 18.8. The average molecular weight is 464 g/mol. The second-order valence-corrected chi connectivity index (χ2v) is 8.31. The van der Waals surface area contributed by atoms with Crippen LogP contribution in [0.25, 0.3) is 21.8 Å². The fourth-order valence-corrected chi connectivity index (χ4v) is 4.37. The molecular weight excluding hydrogens is 442 g/mol. The highest BCUT2D eigenvalue weighted by Crippen LogP contribution is 2.26. The molecule has 1 aliphatic heterocycles. The zero-order valence-electron chi connectivity index (χ0n) is 18.2. The van der Waals surface area contributed by atoms with Crippen LogP contribution in [-0.2, 0) is 13.0 Å². The van der Waals surface area contributed by atoms with Crippen LogP contribution < -0.4 is 15.6 Å². The number of aromatic amines is 1. The third-order valence-corrected chi connectivity index (χ3v) is 5.95. The van der Waals surface area contributed by atoms with Crippen LogP contribution in [0.5, 0.6) is 5.75 Å². The van der Waals surface area contributed by atoms with Crippen molar-refractivity contribution >= 4 is 21.8 Å². The topological polar surface area (TPSA) is 109 Å². The summed E-state index contributed by atoms with van der Waals surface area (Å²) in [6.07, 6.45) is -0.252. The number of ether oxygens (including phenoxy) is 1. The van der Waals surface area contributed by atoms with Gasteiger partial charge in [-0.3, -0.25) is 4.79 Å². The van der Waals surface area contributed by atoms with Crippen molar-refractivity contribution in [2.45, 2.75) is 38.3 Å². The maximum Gasteiger partial charge on any atom is 0.274 e. The normalized spacial score (nSPS) is 15.9. The van der Waals surface area contributed by atoms with E-state index < -0.39 is 13.0 Å². The summed E-state index contributed by atoms with van der Waals surface area (Å²) in [7, 11) is 0. The van der Waals surface area contributed by atoms with E-state index in [4.69, 9.17) is 4.74 Å². The molecule has 0 aliphatic carbocycles. The molecule has 1 aliphatic rings. The number of alkyl halides is 2. The molecule has 2 aromatic carbocycles. The van der Waals surface area contributed by atoms with E-state index in [0.29, 0.717) is 40.9 Å². The van der Waals surface area contributed by atoms with E-state index in [9.17, 15) is 18.8 Å². The maximum atomic E-state index is 13.0. The van der Waals surface area contributed by atoms with Crippen LogP contribution in [0.2, 0.25) is 0 Å². The third kappa shape index (κ3) is 4.34. The molecule has 1 fully saturated rings. The van der Waals surface area contributed by atoms with Crippen molar-refractivity contribution < 1.29 is 13.5 Å². The predicted molar refractivity (Wildman–Crippen MR) is 122 cm³/mol. The summed E-state index contributed by atoms with van der Waals surface area (Å²) in [6.45, 7) is 0.629. The Morgan fingerprint density at radius 1 is 1.26 bits per heavy atom. The van der Waals surface area contributed by atoms with Crippen LogP contribution in [0, 0.1) is 11.3 Å². The Morgan fingerprint density at radius 2 is 2.09 bits per heavy atom. The number of hydrogen-bond donors (Lipinski definition) is 2. The SMILES string of the molecule is N#Cc1cc2[nH]c(Cc3nn(CC4CCCN4)c(=O)c4ccccc34)nc2cc1OCC(F)F. The fourth-order valence-electron chi connectivity index (χ4n) is 4.37. The van der Waals surface area contributed by atoms with E-state index in [1.807, 2.05) is 24.3 Å². The average Bonchev–Trinajstić information content (AvgIpc) is 3.49. The van der Waals surface area contributed by atoms with Crippen molar-refractivity contribution in [3.8, 4) is 11.8 Å². The number of nitrogens with one attached hydrogen (secondary N) is 2. The molecule has 0 radical (unpaired) electrons. The fraction of sp³-hybridized carbons (Fsp3) is 0.333. The largest absolute Gasteiger partial charge is 0.486 e. The first kappa shape index (κ1) is 22.0. The van der Waals surface area contributed by atoms with Gasteiger partial charge >= 0.3 is 0 Å². The smallest absolute Gasteiger partial charge is 0.274 e. The van der Waals surface area contributed by atoms with Crippen LogP contribution in [0.4, 0.5) is 8.78 Å². The van der Waals surface area contributed by atoms with E-state index in [1.54, 1.807) is 6.07 Å². The molecule has 0 saturated carbocycles. The van der Waals surface area contributed by atoms with Gasteiger partial charge in [0.25, 0.3) is 12.0 Å². The van der Waals surface area contributed by atoms with Gasteiger partial charge in [0.2, 0.25) is 0 Å². The van der Waals surface area contributed by atoms with Gasteiger partial charge in [0.1, 0.15) is 24.3 Å². The van der Waals surface area contributed by atoms with Crippen molar-refractivity contribution in [1.29, 1.82) is 5.26 Å². The van der Waals surface area contributed by atoms with Crippen molar-refractivity contribution in [2.24, 2.45) is 0 Å². The Labute approximate surface area is 193 Å². The lowest BCUT2D eigenvalue weighted by atomic mass is 10.1.